The van der Waals surface area contributed by atoms with E-state index >= 15 is 0 Å². The van der Waals surface area contributed by atoms with Gasteiger partial charge in [-0.15, -0.1) is 0 Å². The smallest absolute Gasteiger partial charge is 0.252 e. The summed E-state index contributed by atoms with van der Waals surface area (Å²) in [5.74, 6) is 0.984. The van der Waals surface area contributed by atoms with Crippen LogP contribution >= 0.6 is 21.6 Å². The lowest BCUT2D eigenvalue weighted by molar-refractivity contribution is -0.120. The molecule has 0 aliphatic heterocycles. The molecule has 0 radical (unpaired) electrons. The van der Waals surface area contributed by atoms with Crippen molar-refractivity contribution in [3.63, 3.8) is 0 Å². The molecule has 1 aromatic heterocycles. The minimum Gasteiger partial charge on any atom is -0.355 e. The number of hydrogen-bond donors (Lipinski definition) is 3. The van der Waals surface area contributed by atoms with Gasteiger partial charge in [-0.25, -0.2) is 0 Å². The number of carbonyl (C=O) groups excluding carboxylic acids is 2. The van der Waals surface area contributed by atoms with Gasteiger partial charge in [0.15, 0.2) is 0 Å². The van der Waals surface area contributed by atoms with Crippen LogP contribution in [0, 0.1) is 0 Å². The molecule has 2 amide bonds. The van der Waals surface area contributed by atoms with Crippen molar-refractivity contribution in [2.75, 3.05) is 25.4 Å². The van der Waals surface area contributed by atoms with Gasteiger partial charge in [-0.3, -0.25) is 14.6 Å². The van der Waals surface area contributed by atoms with E-state index in [4.69, 9.17) is 5.73 Å². The normalized spacial score (nSPS) is 11.5. The Kier molecular flexibility index (Phi) is 36.8. The number of nitrogens with zero attached hydrogens (tertiary/aromatic N) is 1. The van der Waals surface area contributed by atoms with Crippen LogP contribution < -0.4 is 16.4 Å². The van der Waals surface area contributed by atoms with Gasteiger partial charge in [-0.05, 0) is 57.1 Å². The Morgan fingerprint density at radius 3 is 1.82 bits per heavy atom. The molecule has 1 rings (SSSR count). The number of hydrogen-bond acceptors (Lipinski definition) is 6. The second-order valence-corrected chi connectivity index (χ2v) is 12.6. The van der Waals surface area contributed by atoms with Crippen LogP contribution in [0.5, 0.6) is 0 Å². The average Bonchev–Trinajstić information content (AvgIpc) is 3.06. The first kappa shape index (κ1) is 44.3. The highest BCUT2D eigenvalue weighted by molar-refractivity contribution is 8.76. The Bertz CT molecular complexity index is 987. The monoisotopic (exact) mass is 656 g/mol. The zero-order valence-corrected chi connectivity index (χ0v) is 30.1. The van der Waals surface area contributed by atoms with Gasteiger partial charge in [-0.2, -0.15) is 0 Å². The van der Waals surface area contributed by atoms with Crippen LogP contribution in [0.2, 0.25) is 0 Å². The van der Waals surface area contributed by atoms with Crippen molar-refractivity contribution in [2.45, 2.75) is 91.2 Å². The molecule has 45 heavy (non-hydrogen) atoms. The molecular formula is C37H60N4O2S2. The molecule has 0 fully saturated rings. The molecule has 0 saturated carbocycles. The maximum absolute atomic E-state index is 11.7. The average molecular weight is 657 g/mol. The van der Waals surface area contributed by atoms with E-state index in [1.807, 2.05) is 35.4 Å². The number of nitrogens with one attached hydrogen (secondary N) is 2. The third-order valence-electron chi connectivity index (χ3n) is 5.26. The van der Waals surface area contributed by atoms with Gasteiger partial charge in [0.05, 0.1) is 5.56 Å². The Morgan fingerprint density at radius 1 is 0.822 bits per heavy atom. The Labute approximate surface area is 283 Å². The van der Waals surface area contributed by atoms with E-state index in [1.165, 1.54) is 6.20 Å². The number of rotatable bonds is 22. The zero-order chi connectivity index (χ0) is 33.6. The van der Waals surface area contributed by atoms with Gasteiger partial charge in [-0.1, -0.05) is 129 Å². The molecule has 6 nitrogen and oxygen atoms in total. The fraction of sp³-hybridized carbons (Fsp3) is 0.486. The summed E-state index contributed by atoms with van der Waals surface area (Å²) in [7, 11) is 3.68. The quantitative estimate of drug-likeness (QED) is 0.0654. The van der Waals surface area contributed by atoms with Crippen LogP contribution in [0.4, 0.5) is 0 Å². The van der Waals surface area contributed by atoms with Crippen molar-refractivity contribution < 1.29 is 9.59 Å². The number of pyridine rings is 1. The summed E-state index contributed by atoms with van der Waals surface area (Å²) in [6.07, 6.45) is 36.9. The molecule has 0 aliphatic rings. The van der Waals surface area contributed by atoms with E-state index in [-0.39, 0.29) is 11.8 Å². The lowest BCUT2D eigenvalue weighted by Crippen LogP contribution is -2.28. The van der Waals surface area contributed by atoms with Crippen molar-refractivity contribution in [2.24, 2.45) is 5.73 Å². The van der Waals surface area contributed by atoms with Gasteiger partial charge in [0.2, 0.25) is 5.91 Å². The number of amides is 2. The maximum Gasteiger partial charge on any atom is 0.252 e. The third kappa shape index (κ3) is 35.5. The number of nitrogens with two attached hydrogens (primary N) is 1. The van der Waals surface area contributed by atoms with Crippen molar-refractivity contribution in [3.8, 4) is 0 Å². The summed E-state index contributed by atoms with van der Waals surface area (Å²) in [6, 6.07) is 3.43. The maximum atomic E-state index is 11.7. The van der Waals surface area contributed by atoms with E-state index < -0.39 is 0 Å². The van der Waals surface area contributed by atoms with Gasteiger partial charge in [0.25, 0.3) is 5.91 Å². The number of carbonyl (C=O) groups is 2. The zero-order valence-electron chi connectivity index (χ0n) is 28.5. The number of aromatic nitrogens is 1. The van der Waals surface area contributed by atoms with Crippen LogP contribution in [0.1, 0.15) is 96.3 Å². The lowest BCUT2D eigenvalue weighted by atomic mass is 10.2. The van der Waals surface area contributed by atoms with Crippen LogP contribution in [0.15, 0.2) is 97.4 Å². The second-order valence-electron chi connectivity index (χ2n) is 9.56. The molecule has 0 atom stereocenters. The standard InChI is InChI=1S/C27H43NOS2.C8H11N3O.C2H6/c1-4-5-6-7-8-9-10-11-12-13-14-15-16-17-18-19-20-21-22-23-27(29)28-24-25-30-31-26(2)3;9-3-5-11-8(12)7-2-1-4-10-6-7;1-2/h5-6,8-9,11-12,14-15,17-18,20-21,26H,4,7,10,13,16,19,22-25H2,1-3H3,(H,28,29);1-2,4,6H,3,5,9H2,(H,11,12);1-2H3/b6-5-,9-8-,12-11-,15-14-,18-17-,21-20-;;. The van der Waals surface area contributed by atoms with Crippen molar-refractivity contribution in [1.29, 1.82) is 0 Å². The molecule has 1 heterocycles. The third-order valence-corrected chi connectivity index (χ3v) is 8.21. The van der Waals surface area contributed by atoms with Gasteiger partial charge < -0.3 is 16.4 Å². The highest BCUT2D eigenvalue weighted by Crippen LogP contribution is 2.25. The van der Waals surface area contributed by atoms with E-state index in [9.17, 15) is 9.59 Å². The van der Waals surface area contributed by atoms with E-state index in [2.05, 4.69) is 109 Å². The molecule has 4 N–H and O–H groups in total. The Hall–Kier alpha value is -2.81. The van der Waals surface area contributed by atoms with Crippen LogP contribution in [0.3, 0.4) is 0 Å². The fourth-order valence-corrected chi connectivity index (χ4v) is 5.05. The molecule has 0 saturated heterocycles. The van der Waals surface area contributed by atoms with E-state index in [0.29, 0.717) is 30.3 Å². The molecule has 0 aromatic carbocycles. The van der Waals surface area contributed by atoms with E-state index in [1.54, 1.807) is 18.3 Å². The molecule has 8 heteroatoms. The first-order valence-electron chi connectivity index (χ1n) is 16.3. The van der Waals surface area contributed by atoms with Gasteiger partial charge in [0, 0.05) is 49.5 Å². The topological polar surface area (TPSA) is 97.1 Å². The number of allylic oxidation sites excluding steroid dienone is 12. The lowest BCUT2D eigenvalue weighted by Gasteiger charge is -2.05. The highest BCUT2D eigenvalue weighted by atomic mass is 33.1. The molecule has 252 valence electrons. The minimum atomic E-state index is -0.131. The summed E-state index contributed by atoms with van der Waals surface area (Å²) in [5, 5.41) is 6.25. The summed E-state index contributed by atoms with van der Waals surface area (Å²) in [5.41, 5.74) is 5.79. The van der Waals surface area contributed by atoms with Crippen LogP contribution in [-0.4, -0.2) is 47.4 Å². The summed E-state index contributed by atoms with van der Waals surface area (Å²) >= 11 is 0. The minimum absolute atomic E-state index is 0.131. The van der Waals surface area contributed by atoms with Gasteiger partial charge in [0.1, 0.15) is 0 Å². The summed E-state index contributed by atoms with van der Waals surface area (Å²) in [4.78, 5) is 26.7. The largest absolute Gasteiger partial charge is 0.355 e. The molecule has 0 unspecified atom stereocenters. The van der Waals surface area contributed by atoms with Crippen LogP contribution in [0.25, 0.3) is 0 Å². The first-order valence-corrected chi connectivity index (χ1v) is 18.7. The summed E-state index contributed by atoms with van der Waals surface area (Å²) < 4.78 is 0. The van der Waals surface area contributed by atoms with E-state index in [0.717, 1.165) is 57.2 Å². The van der Waals surface area contributed by atoms with Crippen molar-refractivity contribution >= 4 is 33.4 Å². The summed E-state index contributed by atoms with van der Waals surface area (Å²) in [6.45, 7) is 12.2. The molecule has 0 spiro atoms. The Morgan fingerprint density at radius 2 is 1.36 bits per heavy atom. The van der Waals surface area contributed by atoms with Crippen LogP contribution in [-0.2, 0) is 4.79 Å². The van der Waals surface area contributed by atoms with Gasteiger partial charge >= 0.3 is 0 Å². The molecule has 0 aliphatic carbocycles. The molecule has 0 bridgehead atoms. The van der Waals surface area contributed by atoms with Crippen molar-refractivity contribution in [1.82, 2.24) is 15.6 Å². The predicted molar refractivity (Wildman–Crippen MR) is 203 cm³/mol. The Balaban J connectivity index is 0. The highest BCUT2D eigenvalue weighted by Gasteiger charge is 2.02. The SMILES string of the molecule is CC.CC/C=C\C/C=C\C/C=C\C/C=C\C/C=C\C/C=C\CCC(=O)NCCSSC(C)C.NCCNC(=O)c1cccnc1. The first-order chi connectivity index (χ1) is 22.0. The molecular weight excluding hydrogens is 597 g/mol. The fourth-order valence-electron chi connectivity index (χ4n) is 3.14. The van der Waals surface area contributed by atoms with Crippen molar-refractivity contribution in [3.05, 3.63) is 103 Å². The second kappa shape index (κ2) is 37.4. The molecule has 1 aromatic rings. The predicted octanol–water partition coefficient (Wildman–Crippen LogP) is 9.17.